The summed E-state index contributed by atoms with van der Waals surface area (Å²) < 4.78 is 0.777. The van der Waals surface area contributed by atoms with Crippen LogP contribution in [-0.2, 0) is 9.59 Å². The van der Waals surface area contributed by atoms with E-state index in [1.807, 2.05) is 6.07 Å². The number of carboxylic acid groups (broad SMARTS) is 1. The first-order valence-corrected chi connectivity index (χ1v) is 5.26. The van der Waals surface area contributed by atoms with Crippen LogP contribution in [0.2, 0.25) is 0 Å². The molecule has 1 aromatic carbocycles. The van der Waals surface area contributed by atoms with Crippen molar-refractivity contribution in [1.82, 2.24) is 0 Å². The van der Waals surface area contributed by atoms with Gasteiger partial charge < -0.3 is 10.8 Å². The van der Waals surface area contributed by atoms with Crippen molar-refractivity contribution in [3.63, 3.8) is 0 Å². The molecule has 0 heterocycles. The van der Waals surface area contributed by atoms with Crippen molar-refractivity contribution in [2.24, 2.45) is 5.73 Å². The van der Waals surface area contributed by atoms with Crippen LogP contribution in [0.1, 0.15) is 12.0 Å². The van der Waals surface area contributed by atoms with Gasteiger partial charge in [0.15, 0.2) is 0 Å². The molecule has 0 aliphatic heterocycles. The van der Waals surface area contributed by atoms with Gasteiger partial charge in [0.2, 0.25) is 5.91 Å². The molecule has 0 aliphatic carbocycles. The standard InChI is InChI=1S/C11H10BrNO3/c12-9-4-2-1-3-7(9)5-8(11(13)16)6-10(14)15/h1-5H,6H2,(H2,13,16)(H,14,15). The van der Waals surface area contributed by atoms with Gasteiger partial charge in [-0.3, -0.25) is 9.59 Å². The summed E-state index contributed by atoms with van der Waals surface area (Å²) in [5, 5.41) is 8.62. The Morgan fingerprint density at radius 2 is 2.00 bits per heavy atom. The molecule has 0 radical (unpaired) electrons. The highest BCUT2D eigenvalue weighted by Crippen LogP contribution is 2.19. The van der Waals surface area contributed by atoms with E-state index in [1.165, 1.54) is 6.08 Å². The Morgan fingerprint density at radius 3 is 2.50 bits per heavy atom. The molecule has 0 bridgehead atoms. The molecule has 0 aromatic heterocycles. The lowest BCUT2D eigenvalue weighted by atomic mass is 10.1. The van der Waals surface area contributed by atoms with Crippen molar-refractivity contribution in [3.05, 3.63) is 39.9 Å². The van der Waals surface area contributed by atoms with Gasteiger partial charge in [-0.2, -0.15) is 0 Å². The minimum absolute atomic E-state index is 0.0689. The Labute approximate surface area is 101 Å². The van der Waals surface area contributed by atoms with Gasteiger partial charge in [-0.1, -0.05) is 34.1 Å². The van der Waals surface area contributed by atoms with Crippen LogP contribution >= 0.6 is 15.9 Å². The maximum Gasteiger partial charge on any atom is 0.308 e. The van der Waals surface area contributed by atoms with Crippen LogP contribution in [0.15, 0.2) is 34.3 Å². The van der Waals surface area contributed by atoms with E-state index < -0.39 is 11.9 Å². The van der Waals surface area contributed by atoms with Gasteiger partial charge in [0.25, 0.3) is 0 Å². The minimum atomic E-state index is -1.09. The van der Waals surface area contributed by atoms with Crippen molar-refractivity contribution < 1.29 is 14.7 Å². The number of hydrogen-bond acceptors (Lipinski definition) is 2. The van der Waals surface area contributed by atoms with Crippen molar-refractivity contribution in [3.8, 4) is 0 Å². The molecular weight excluding hydrogens is 274 g/mol. The Balaban J connectivity index is 3.07. The monoisotopic (exact) mass is 283 g/mol. The minimum Gasteiger partial charge on any atom is -0.481 e. The Bertz CT molecular complexity index is 454. The molecule has 0 unspecified atom stereocenters. The fraction of sp³-hybridized carbons (Fsp3) is 0.0909. The van der Waals surface area contributed by atoms with Crippen LogP contribution in [0, 0.1) is 0 Å². The first kappa shape index (κ1) is 12.4. The molecule has 4 nitrogen and oxygen atoms in total. The normalized spacial score (nSPS) is 11.2. The second-order valence-corrected chi connectivity index (χ2v) is 3.98. The van der Waals surface area contributed by atoms with Gasteiger partial charge in [0.05, 0.1) is 6.42 Å². The number of aliphatic carboxylic acids is 1. The predicted molar refractivity (Wildman–Crippen MR) is 63.6 cm³/mol. The number of rotatable bonds is 4. The van der Waals surface area contributed by atoms with Crippen molar-refractivity contribution in [1.29, 1.82) is 0 Å². The molecule has 0 atom stereocenters. The second kappa shape index (κ2) is 5.46. The molecule has 0 spiro atoms. The fourth-order valence-electron chi connectivity index (χ4n) is 1.15. The van der Waals surface area contributed by atoms with E-state index in [4.69, 9.17) is 10.8 Å². The molecule has 1 amide bonds. The van der Waals surface area contributed by atoms with Crippen molar-refractivity contribution in [2.75, 3.05) is 0 Å². The molecule has 0 aliphatic rings. The average Bonchev–Trinajstić information content (AvgIpc) is 2.19. The van der Waals surface area contributed by atoms with E-state index in [0.29, 0.717) is 0 Å². The molecule has 0 fully saturated rings. The summed E-state index contributed by atoms with van der Waals surface area (Å²) in [6.45, 7) is 0. The summed E-state index contributed by atoms with van der Waals surface area (Å²) in [4.78, 5) is 21.6. The van der Waals surface area contributed by atoms with Crippen LogP contribution < -0.4 is 5.73 Å². The molecule has 5 heteroatoms. The SMILES string of the molecule is NC(=O)C(=Cc1ccccc1Br)CC(=O)O. The summed E-state index contributed by atoms with van der Waals surface area (Å²) in [7, 11) is 0. The smallest absolute Gasteiger partial charge is 0.308 e. The van der Waals surface area contributed by atoms with E-state index in [2.05, 4.69) is 15.9 Å². The predicted octanol–water partition coefficient (Wildman–Crippen LogP) is 1.79. The van der Waals surface area contributed by atoms with Gasteiger partial charge in [-0.25, -0.2) is 0 Å². The summed E-state index contributed by atoms with van der Waals surface area (Å²) >= 11 is 3.30. The second-order valence-electron chi connectivity index (χ2n) is 3.13. The van der Waals surface area contributed by atoms with Crippen LogP contribution in [-0.4, -0.2) is 17.0 Å². The maximum atomic E-state index is 11.0. The number of benzene rings is 1. The molecule has 0 saturated heterocycles. The number of carbonyl (C=O) groups is 2. The fourth-order valence-corrected chi connectivity index (χ4v) is 1.55. The summed E-state index contributed by atoms with van der Waals surface area (Å²) in [5.74, 6) is -1.81. The molecule has 0 saturated carbocycles. The Morgan fingerprint density at radius 1 is 1.38 bits per heavy atom. The van der Waals surface area contributed by atoms with E-state index in [9.17, 15) is 9.59 Å². The zero-order valence-electron chi connectivity index (χ0n) is 8.31. The summed E-state index contributed by atoms with van der Waals surface area (Å²) in [5.41, 5.74) is 5.89. The summed E-state index contributed by atoms with van der Waals surface area (Å²) in [6.07, 6.45) is 1.09. The third kappa shape index (κ3) is 3.51. The van der Waals surface area contributed by atoms with Crippen LogP contribution in [0.3, 0.4) is 0 Å². The van der Waals surface area contributed by atoms with Gasteiger partial charge in [0.1, 0.15) is 0 Å². The van der Waals surface area contributed by atoms with Crippen molar-refractivity contribution >= 4 is 33.9 Å². The van der Waals surface area contributed by atoms with Crippen LogP contribution in [0.4, 0.5) is 0 Å². The van der Waals surface area contributed by atoms with Crippen molar-refractivity contribution in [2.45, 2.75) is 6.42 Å². The number of hydrogen-bond donors (Lipinski definition) is 2. The highest BCUT2D eigenvalue weighted by Gasteiger charge is 2.10. The topological polar surface area (TPSA) is 80.4 Å². The zero-order chi connectivity index (χ0) is 12.1. The lowest BCUT2D eigenvalue weighted by molar-refractivity contribution is -0.136. The number of amides is 1. The molecule has 3 N–H and O–H groups in total. The Kier molecular flexibility index (Phi) is 4.25. The number of carbonyl (C=O) groups excluding carboxylic acids is 1. The number of primary amides is 1. The average molecular weight is 284 g/mol. The maximum absolute atomic E-state index is 11.0. The third-order valence-corrected chi connectivity index (χ3v) is 2.62. The number of nitrogens with two attached hydrogens (primary N) is 1. The largest absolute Gasteiger partial charge is 0.481 e. The highest BCUT2D eigenvalue weighted by molar-refractivity contribution is 9.10. The third-order valence-electron chi connectivity index (χ3n) is 1.89. The molecule has 1 aromatic rings. The first-order valence-electron chi connectivity index (χ1n) is 4.47. The molecule has 1 rings (SSSR count). The van der Waals surface area contributed by atoms with E-state index in [0.717, 1.165) is 10.0 Å². The van der Waals surface area contributed by atoms with Gasteiger partial charge in [-0.05, 0) is 17.7 Å². The quantitative estimate of drug-likeness (QED) is 0.827. The number of halogens is 1. The van der Waals surface area contributed by atoms with Gasteiger partial charge in [0, 0.05) is 10.0 Å². The molecule has 84 valence electrons. The van der Waals surface area contributed by atoms with Crippen LogP contribution in [0.25, 0.3) is 6.08 Å². The lowest BCUT2D eigenvalue weighted by Gasteiger charge is -2.02. The first-order chi connectivity index (χ1) is 7.50. The van der Waals surface area contributed by atoms with Gasteiger partial charge >= 0.3 is 5.97 Å². The van der Waals surface area contributed by atoms with E-state index in [-0.39, 0.29) is 12.0 Å². The van der Waals surface area contributed by atoms with Gasteiger partial charge in [-0.15, -0.1) is 0 Å². The van der Waals surface area contributed by atoms with E-state index in [1.54, 1.807) is 18.2 Å². The van der Waals surface area contributed by atoms with E-state index >= 15 is 0 Å². The lowest BCUT2D eigenvalue weighted by Crippen LogP contribution is -2.16. The Hall–Kier alpha value is -1.62. The summed E-state index contributed by atoms with van der Waals surface area (Å²) in [6, 6.07) is 7.17. The highest BCUT2D eigenvalue weighted by atomic mass is 79.9. The van der Waals surface area contributed by atoms with Crippen LogP contribution in [0.5, 0.6) is 0 Å². The molecule has 16 heavy (non-hydrogen) atoms. The number of carboxylic acids is 1. The zero-order valence-corrected chi connectivity index (χ0v) is 9.90. The molecular formula is C11H10BrNO3.